The van der Waals surface area contributed by atoms with E-state index in [2.05, 4.69) is 21.8 Å². The van der Waals surface area contributed by atoms with Crippen molar-refractivity contribution in [1.29, 1.82) is 0 Å². The maximum absolute atomic E-state index is 6.16. The lowest BCUT2D eigenvalue weighted by Crippen LogP contribution is -2.30. The van der Waals surface area contributed by atoms with Crippen molar-refractivity contribution >= 4 is 59.9 Å². The molecular weight excluding hydrogens is 401 g/mol. The van der Waals surface area contributed by atoms with Crippen molar-refractivity contribution in [3.8, 4) is 11.5 Å². The number of halogens is 3. The minimum atomic E-state index is 0. The van der Waals surface area contributed by atoms with Crippen LogP contribution < -0.4 is 20.1 Å². The van der Waals surface area contributed by atoms with Gasteiger partial charge in [0, 0.05) is 31.1 Å². The summed E-state index contributed by atoms with van der Waals surface area (Å²) in [5.74, 6) is 2.40. The summed E-state index contributed by atoms with van der Waals surface area (Å²) in [7, 11) is 5.35. The molecule has 148 valence electrons. The first kappa shape index (κ1) is 24.6. The Labute approximate surface area is 172 Å². The first-order valence-corrected chi connectivity index (χ1v) is 7.75. The smallest absolute Gasteiger partial charge is 0.227 e. The topological polar surface area (TPSA) is 76.7 Å². The van der Waals surface area contributed by atoms with Crippen LogP contribution in [0.4, 0.5) is 11.8 Å². The van der Waals surface area contributed by atoms with E-state index in [0.717, 1.165) is 43.5 Å². The number of hydrogen-bond acceptors (Lipinski definition) is 7. The molecular formula is C16H26Cl3N5O2. The van der Waals surface area contributed by atoms with Crippen molar-refractivity contribution in [1.82, 2.24) is 14.9 Å². The highest BCUT2D eigenvalue weighted by Crippen LogP contribution is 2.34. The van der Waals surface area contributed by atoms with E-state index in [1.807, 2.05) is 12.1 Å². The monoisotopic (exact) mass is 425 g/mol. The first-order valence-electron chi connectivity index (χ1n) is 7.75. The molecule has 1 saturated heterocycles. The van der Waals surface area contributed by atoms with Crippen molar-refractivity contribution in [2.75, 3.05) is 58.1 Å². The Morgan fingerprint density at radius 2 is 1.58 bits per heavy atom. The number of nitrogen functional groups attached to an aromatic ring is 1. The van der Waals surface area contributed by atoms with Gasteiger partial charge in [-0.1, -0.05) is 0 Å². The van der Waals surface area contributed by atoms with Gasteiger partial charge in [-0.3, -0.25) is 0 Å². The van der Waals surface area contributed by atoms with Crippen molar-refractivity contribution < 1.29 is 9.47 Å². The first-order chi connectivity index (χ1) is 11.1. The third-order valence-corrected chi connectivity index (χ3v) is 4.22. The van der Waals surface area contributed by atoms with Crippen LogP contribution in [0.3, 0.4) is 0 Å². The van der Waals surface area contributed by atoms with Gasteiger partial charge in [-0.15, -0.1) is 37.2 Å². The summed E-state index contributed by atoms with van der Waals surface area (Å²) < 4.78 is 10.7. The standard InChI is InChI=1S/C16H23N5O2.3ClH/c1-20-5-4-6-21(8-7-20)16-18-12-10-14(23-3)13(22-2)9-11(12)15(17)19-16;;;/h9-10H,4-8H2,1-3H3,(H2,17,18,19);3*1H. The van der Waals surface area contributed by atoms with Gasteiger partial charge >= 0.3 is 0 Å². The van der Waals surface area contributed by atoms with Gasteiger partial charge in [-0.05, 0) is 26.1 Å². The lowest BCUT2D eigenvalue weighted by Gasteiger charge is -2.21. The van der Waals surface area contributed by atoms with E-state index in [1.165, 1.54) is 0 Å². The van der Waals surface area contributed by atoms with Crippen LogP contribution in [-0.4, -0.2) is 62.3 Å². The molecule has 0 unspecified atom stereocenters. The van der Waals surface area contributed by atoms with Gasteiger partial charge in [0.2, 0.25) is 5.95 Å². The zero-order valence-corrected chi connectivity index (χ0v) is 17.5. The van der Waals surface area contributed by atoms with Crippen LogP contribution in [0.5, 0.6) is 11.5 Å². The number of methoxy groups -OCH3 is 2. The fraction of sp³-hybridized carbons (Fsp3) is 0.500. The van der Waals surface area contributed by atoms with Crippen molar-refractivity contribution in [3.05, 3.63) is 12.1 Å². The van der Waals surface area contributed by atoms with E-state index in [9.17, 15) is 0 Å². The molecule has 2 heterocycles. The van der Waals surface area contributed by atoms with E-state index in [1.54, 1.807) is 14.2 Å². The highest BCUT2D eigenvalue weighted by atomic mass is 35.5. The molecule has 3 rings (SSSR count). The number of ether oxygens (including phenoxy) is 2. The van der Waals surface area contributed by atoms with Crippen LogP contribution in [0.2, 0.25) is 0 Å². The van der Waals surface area contributed by atoms with Crippen LogP contribution in [0, 0.1) is 0 Å². The lowest BCUT2D eigenvalue weighted by atomic mass is 10.2. The molecule has 0 saturated carbocycles. The van der Waals surface area contributed by atoms with E-state index in [0.29, 0.717) is 23.3 Å². The van der Waals surface area contributed by atoms with E-state index in [4.69, 9.17) is 20.2 Å². The molecule has 26 heavy (non-hydrogen) atoms. The number of anilines is 2. The molecule has 1 aliphatic heterocycles. The highest BCUT2D eigenvalue weighted by Gasteiger charge is 2.18. The average Bonchev–Trinajstić information content (AvgIpc) is 2.78. The predicted octanol–water partition coefficient (Wildman–Crippen LogP) is 2.64. The SMILES string of the molecule is COc1cc2nc(N3CCCN(C)CC3)nc(N)c2cc1OC.Cl.Cl.Cl. The number of fused-ring (bicyclic) bond motifs is 1. The number of nitrogens with zero attached hydrogens (tertiary/aromatic N) is 4. The second-order valence-electron chi connectivity index (χ2n) is 5.78. The number of likely N-dealkylation sites (N-methyl/N-ethyl adjacent to an activating group) is 1. The summed E-state index contributed by atoms with van der Waals surface area (Å²) in [5, 5.41) is 0.776. The fourth-order valence-electron chi connectivity index (χ4n) is 2.85. The van der Waals surface area contributed by atoms with Gasteiger partial charge in [-0.25, -0.2) is 4.98 Å². The Kier molecular flexibility index (Phi) is 10.1. The Morgan fingerprint density at radius 3 is 2.23 bits per heavy atom. The van der Waals surface area contributed by atoms with Crippen LogP contribution in [0.25, 0.3) is 10.9 Å². The second kappa shape index (κ2) is 10.7. The number of hydrogen-bond donors (Lipinski definition) is 1. The molecule has 1 aliphatic rings. The lowest BCUT2D eigenvalue weighted by molar-refractivity contribution is 0.356. The highest BCUT2D eigenvalue weighted by molar-refractivity contribution is 5.91. The van der Waals surface area contributed by atoms with Crippen LogP contribution in [0.1, 0.15) is 6.42 Å². The summed E-state index contributed by atoms with van der Waals surface area (Å²) in [6.45, 7) is 3.91. The molecule has 0 radical (unpaired) electrons. The molecule has 1 aromatic heterocycles. The minimum Gasteiger partial charge on any atom is -0.493 e. The molecule has 2 aromatic rings. The molecule has 1 fully saturated rings. The molecule has 0 atom stereocenters. The predicted molar refractivity (Wildman–Crippen MR) is 113 cm³/mol. The summed E-state index contributed by atoms with van der Waals surface area (Å²) in [6.07, 6.45) is 1.09. The van der Waals surface area contributed by atoms with Gasteiger partial charge in [-0.2, -0.15) is 4.98 Å². The summed E-state index contributed by atoms with van der Waals surface area (Å²) in [5.41, 5.74) is 6.93. The number of aromatic nitrogens is 2. The van der Waals surface area contributed by atoms with E-state index < -0.39 is 0 Å². The zero-order chi connectivity index (χ0) is 16.4. The van der Waals surface area contributed by atoms with Crippen LogP contribution >= 0.6 is 37.2 Å². The Morgan fingerprint density at radius 1 is 0.923 bits per heavy atom. The quantitative estimate of drug-likeness (QED) is 0.808. The molecule has 10 heteroatoms. The van der Waals surface area contributed by atoms with Gasteiger partial charge < -0.3 is 25.0 Å². The van der Waals surface area contributed by atoms with Gasteiger partial charge in [0.15, 0.2) is 11.5 Å². The van der Waals surface area contributed by atoms with Gasteiger partial charge in [0.1, 0.15) is 5.82 Å². The minimum absolute atomic E-state index is 0. The molecule has 0 spiro atoms. The molecule has 0 amide bonds. The number of benzene rings is 1. The largest absolute Gasteiger partial charge is 0.493 e. The van der Waals surface area contributed by atoms with E-state index in [-0.39, 0.29) is 37.2 Å². The molecule has 7 nitrogen and oxygen atoms in total. The maximum Gasteiger partial charge on any atom is 0.227 e. The van der Waals surface area contributed by atoms with Crippen LogP contribution in [0.15, 0.2) is 12.1 Å². The molecule has 1 aromatic carbocycles. The van der Waals surface area contributed by atoms with Crippen molar-refractivity contribution in [2.24, 2.45) is 0 Å². The Balaban J connectivity index is 0.00000208. The normalized spacial score (nSPS) is 14.5. The zero-order valence-electron chi connectivity index (χ0n) is 15.1. The van der Waals surface area contributed by atoms with Crippen molar-refractivity contribution in [3.63, 3.8) is 0 Å². The van der Waals surface area contributed by atoms with Crippen LogP contribution in [-0.2, 0) is 0 Å². The second-order valence-corrected chi connectivity index (χ2v) is 5.78. The Bertz CT molecular complexity index is 720. The molecule has 0 aliphatic carbocycles. The number of rotatable bonds is 3. The van der Waals surface area contributed by atoms with E-state index >= 15 is 0 Å². The average molecular weight is 427 g/mol. The third-order valence-electron chi connectivity index (χ3n) is 4.22. The summed E-state index contributed by atoms with van der Waals surface area (Å²) in [4.78, 5) is 13.7. The van der Waals surface area contributed by atoms with Gasteiger partial charge in [0.05, 0.1) is 19.7 Å². The molecule has 0 bridgehead atoms. The third kappa shape index (κ3) is 5.07. The summed E-state index contributed by atoms with van der Waals surface area (Å²) >= 11 is 0. The summed E-state index contributed by atoms with van der Waals surface area (Å²) in [6, 6.07) is 3.67. The number of nitrogens with two attached hydrogens (primary N) is 1. The van der Waals surface area contributed by atoms with Crippen molar-refractivity contribution in [2.45, 2.75) is 6.42 Å². The van der Waals surface area contributed by atoms with Gasteiger partial charge in [0.25, 0.3) is 0 Å². The molecule has 2 N–H and O–H groups in total. The maximum atomic E-state index is 6.16. The Hall–Kier alpha value is -1.41. The fourth-order valence-corrected chi connectivity index (χ4v) is 2.85.